The SMILES string of the molecule is CC(O)CCCC=C/C(=C\C(O)(O)C1CCCC1)C(=O)O. The predicted octanol–water partition coefficient (Wildman–Crippen LogP) is 1.98. The van der Waals surface area contributed by atoms with Gasteiger partial charge in [-0.2, -0.15) is 0 Å². The van der Waals surface area contributed by atoms with Gasteiger partial charge in [0, 0.05) is 5.92 Å². The standard InChI is InChI=1S/C16H26O5/c1-12(17)7-3-2-4-8-13(15(18)19)11-16(20,21)14-9-5-6-10-14/h4,8,11-12,14,17,20-21H,2-3,5-7,9-10H2,1H3,(H,18,19)/b8-4?,13-11+. The van der Waals surface area contributed by atoms with E-state index in [9.17, 15) is 15.0 Å². The second kappa shape index (κ2) is 8.32. The fourth-order valence-electron chi connectivity index (χ4n) is 2.62. The van der Waals surface area contributed by atoms with Gasteiger partial charge in [0.1, 0.15) is 0 Å². The first-order valence-corrected chi connectivity index (χ1v) is 7.58. The molecule has 21 heavy (non-hydrogen) atoms. The molecule has 0 saturated heterocycles. The quantitative estimate of drug-likeness (QED) is 0.238. The minimum absolute atomic E-state index is 0.107. The average Bonchev–Trinajstić information content (AvgIpc) is 2.90. The number of allylic oxidation sites excluding steroid dienone is 1. The van der Waals surface area contributed by atoms with Crippen LogP contribution in [0, 0.1) is 5.92 Å². The average molecular weight is 298 g/mol. The van der Waals surface area contributed by atoms with E-state index < -0.39 is 11.8 Å². The van der Waals surface area contributed by atoms with E-state index in [4.69, 9.17) is 10.2 Å². The third-order valence-corrected chi connectivity index (χ3v) is 3.86. The van der Waals surface area contributed by atoms with Crippen LogP contribution in [0.15, 0.2) is 23.8 Å². The molecule has 0 amide bonds. The van der Waals surface area contributed by atoms with Crippen LogP contribution in [-0.2, 0) is 4.79 Å². The molecule has 1 rings (SSSR count). The maximum Gasteiger partial charge on any atom is 0.335 e. The Hall–Kier alpha value is -1.17. The lowest BCUT2D eigenvalue weighted by molar-refractivity contribution is -0.159. The molecule has 0 heterocycles. The van der Waals surface area contributed by atoms with E-state index in [1.54, 1.807) is 13.0 Å². The maximum atomic E-state index is 11.2. The van der Waals surface area contributed by atoms with E-state index in [1.807, 2.05) is 0 Å². The number of carbonyl (C=O) groups is 1. The number of aliphatic carboxylic acids is 1. The van der Waals surface area contributed by atoms with Crippen molar-refractivity contribution in [3.8, 4) is 0 Å². The molecule has 5 nitrogen and oxygen atoms in total. The largest absolute Gasteiger partial charge is 0.478 e. The van der Waals surface area contributed by atoms with Crippen LogP contribution in [0.5, 0.6) is 0 Å². The molecule has 1 aliphatic rings. The highest BCUT2D eigenvalue weighted by molar-refractivity contribution is 5.89. The minimum atomic E-state index is -2.06. The molecule has 1 unspecified atom stereocenters. The van der Waals surface area contributed by atoms with Crippen LogP contribution in [0.1, 0.15) is 51.9 Å². The van der Waals surface area contributed by atoms with Crippen LogP contribution in [-0.4, -0.2) is 38.3 Å². The normalized spacial score (nSPS) is 19.3. The Morgan fingerprint density at radius 2 is 1.95 bits per heavy atom. The Balaban J connectivity index is 2.65. The van der Waals surface area contributed by atoms with Crippen molar-refractivity contribution >= 4 is 5.97 Å². The number of carboxylic acids is 1. The maximum absolute atomic E-state index is 11.2. The topological polar surface area (TPSA) is 98.0 Å². The third kappa shape index (κ3) is 6.42. The summed E-state index contributed by atoms with van der Waals surface area (Å²) in [5.41, 5.74) is -0.107. The Kier molecular flexibility index (Phi) is 7.08. The number of aliphatic hydroxyl groups excluding tert-OH is 1. The van der Waals surface area contributed by atoms with Gasteiger partial charge in [-0.3, -0.25) is 0 Å². The summed E-state index contributed by atoms with van der Waals surface area (Å²) in [6.45, 7) is 1.71. The Labute approximate surface area is 125 Å². The zero-order chi connectivity index (χ0) is 15.9. The van der Waals surface area contributed by atoms with Gasteiger partial charge in [0.25, 0.3) is 0 Å². The number of rotatable bonds is 8. The van der Waals surface area contributed by atoms with Crippen molar-refractivity contribution in [2.75, 3.05) is 0 Å². The fraction of sp³-hybridized carbons (Fsp3) is 0.688. The second-order valence-electron chi connectivity index (χ2n) is 5.85. The molecule has 0 aliphatic heterocycles. The molecule has 4 N–H and O–H groups in total. The summed E-state index contributed by atoms with van der Waals surface area (Å²) < 4.78 is 0. The van der Waals surface area contributed by atoms with E-state index in [0.29, 0.717) is 25.7 Å². The van der Waals surface area contributed by atoms with Crippen molar-refractivity contribution in [3.05, 3.63) is 23.8 Å². The lowest BCUT2D eigenvalue weighted by Crippen LogP contribution is -2.34. The number of carboxylic acid groups (broad SMARTS) is 1. The zero-order valence-electron chi connectivity index (χ0n) is 12.5. The van der Waals surface area contributed by atoms with Crippen molar-refractivity contribution in [1.29, 1.82) is 0 Å². The molecule has 1 fully saturated rings. The van der Waals surface area contributed by atoms with Crippen LogP contribution in [0.3, 0.4) is 0 Å². The predicted molar refractivity (Wildman–Crippen MR) is 79.5 cm³/mol. The van der Waals surface area contributed by atoms with Gasteiger partial charge in [0.05, 0.1) is 11.7 Å². The molecular weight excluding hydrogens is 272 g/mol. The lowest BCUT2D eigenvalue weighted by Gasteiger charge is -2.25. The molecule has 0 aromatic rings. The molecular formula is C16H26O5. The third-order valence-electron chi connectivity index (χ3n) is 3.86. The molecule has 0 aromatic heterocycles. The van der Waals surface area contributed by atoms with E-state index in [2.05, 4.69) is 0 Å². The van der Waals surface area contributed by atoms with Crippen molar-refractivity contribution in [2.24, 2.45) is 5.92 Å². The van der Waals surface area contributed by atoms with Crippen LogP contribution < -0.4 is 0 Å². The molecule has 0 bridgehead atoms. The van der Waals surface area contributed by atoms with Gasteiger partial charge in [-0.05, 0) is 45.1 Å². The second-order valence-corrected chi connectivity index (χ2v) is 5.85. The van der Waals surface area contributed by atoms with E-state index in [0.717, 1.165) is 25.3 Å². The van der Waals surface area contributed by atoms with Crippen molar-refractivity contribution in [1.82, 2.24) is 0 Å². The number of aliphatic hydroxyl groups is 3. The monoisotopic (exact) mass is 298 g/mol. The zero-order valence-corrected chi connectivity index (χ0v) is 12.5. The van der Waals surface area contributed by atoms with Gasteiger partial charge in [0.2, 0.25) is 0 Å². The smallest absolute Gasteiger partial charge is 0.335 e. The summed E-state index contributed by atoms with van der Waals surface area (Å²) in [4.78, 5) is 11.2. The Morgan fingerprint density at radius 1 is 1.33 bits per heavy atom. The van der Waals surface area contributed by atoms with Crippen molar-refractivity contribution in [3.63, 3.8) is 0 Å². The van der Waals surface area contributed by atoms with Crippen LogP contribution in [0.2, 0.25) is 0 Å². The molecule has 120 valence electrons. The molecule has 0 aromatic carbocycles. The number of hydrogen-bond donors (Lipinski definition) is 4. The lowest BCUT2D eigenvalue weighted by atomic mass is 9.94. The van der Waals surface area contributed by atoms with Gasteiger partial charge < -0.3 is 20.4 Å². The Bertz CT molecular complexity index is 389. The van der Waals surface area contributed by atoms with Gasteiger partial charge >= 0.3 is 5.97 Å². The summed E-state index contributed by atoms with van der Waals surface area (Å²) in [5, 5.41) is 38.4. The number of unbranched alkanes of at least 4 members (excludes halogenated alkanes) is 1. The molecule has 1 saturated carbocycles. The first-order valence-electron chi connectivity index (χ1n) is 7.58. The highest BCUT2D eigenvalue weighted by Gasteiger charge is 2.35. The van der Waals surface area contributed by atoms with E-state index in [-0.39, 0.29) is 17.6 Å². The molecule has 0 spiro atoms. The van der Waals surface area contributed by atoms with Gasteiger partial charge in [-0.1, -0.05) is 25.0 Å². The first-order chi connectivity index (χ1) is 9.83. The van der Waals surface area contributed by atoms with E-state index >= 15 is 0 Å². The molecule has 1 aliphatic carbocycles. The van der Waals surface area contributed by atoms with Crippen LogP contribution >= 0.6 is 0 Å². The molecule has 5 heteroatoms. The van der Waals surface area contributed by atoms with Crippen molar-refractivity contribution < 1.29 is 25.2 Å². The van der Waals surface area contributed by atoms with Crippen LogP contribution in [0.4, 0.5) is 0 Å². The highest BCUT2D eigenvalue weighted by Crippen LogP contribution is 2.34. The Morgan fingerprint density at radius 3 is 2.48 bits per heavy atom. The summed E-state index contributed by atoms with van der Waals surface area (Å²) in [6.07, 6.45) is 9.11. The van der Waals surface area contributed by atoms with Gasteiger partial charge in [0.15, 0.2) is 5.79 Å². The molecule has 0 radical (unpaired) electrons. The van der Waals surface area contributed by atoms with Crippen molar-refractivity contribution in [2.45, 2.75) is 63.8 Å². The first kappa shape index (κ1) is 17.9. The minimum Gasteiger partial charge on any atom is -0.478 e. The molecule has 1 atom stereocenters. The number of hydrogen-bond acceptors (Lipinski definition) is 4. The summed E-state index contributed by atoms with van der Waals surface area (Å²) >= 11 is 0. The van der Waals surface area contributed by atoms with Crippen LogP contribution in [0.25, 0.3) is 0 Å². The summed E-state index contributed by atoms with van der Waals surface area (Å²) in [5.74, 6) is -3.53. The van der Waals surface area contributed by atoms with Gasteiger partial charge in [-0.15, -0.1) is 0 Å². The summed E-state index contributed by atoms with van der Waals surface area (Å²) in [6, 6.07) is 0. The fourth-order valence-corrected chi connectivity index (χ4v) is 2.62. The van der Waals surface area contributed by atoms with Gasteiger partial charge in [-0.25, -0.2) is 4.79 Å². The summed E-state index contributed by atoms with van der Waals surface area (Å²) in [7, 11) is 0. The van der Waals surface area contributed by atoms with E-state index in [1.165, 1.54) is 6.08 Å². The highest BCUT2D eigenvalue weighted by atomic mass is 16.5.